The number of rotatable bonds is 5. The Balaban J connectivity index is 2.11. The first kappa shape index (κ1) is 12.9. The Bertz CT molecular complexity index is 391. The second-order valence-electron chi connectivity index (χ2n) is 4.35. The van der Waals surface area contributed by atoms with Crippen LogP contribution in [0.2, 0.25) is 0 Å². The van der Waals surface area contributed by atoms with Crippen LogP contribution in [-0.4, -0.2) is 64.3 Å². The Morgan fingerprint density at radius 3 is 2.89 bits per heavy atom. The molecule has 0 amide bonds. The molecule has 0 aromatic carbocycles. The summed E-state index contributed by atoms with van der Waals surface area (Å²) >= 11 is 0. The fourth-order valence-electron chi connectivity index (χ4n) is 2.06. The van der Waals surface area contributed by atoms with Gasteiger partial charge >= 0.3 is 0 Å². The molecule has 2 N–H and O–H groups in total. The number of morpholine rings is 1. The summed E-state index contributed by atoms with van der Waals surface area (Å²) in [6.45, 7) is 2.06. The molecule has 0 bridgehead atoms. The molecule has 8 nitrogen and oxygen atoms in total. The van der Waals surface area contributed by atoms with E-state index in [-0.39, 0.29) is 12.4 Å². The van der Waals surface area contributed by atoms with Gasteiger partial charge in [-0.3, -0.25) is 15.0 Å². The van der Waals surface area contributed by atoms with E-state index in [1.165, 1.54) is 6.20 Å². The van der Waals surface area contributed by atoms with Crippen LogP contribution in [-0.2, 0) is 10.3 Å². The number of ether oxygens (including phenoxy) is 1. The molecule has 1 unspecified atom stereocenters. The van der Waals surface area contributed by atoms with E-state index in [2.05, 4.69) is 9.97 Å². The molecule has 100 valence electrons. The van der Waals surface area contributed by atoms with Crippen LogP contribution in [0.4, 0.5) is 0 Å². The molecule has 2 heterocycles. The van der Waals surface area contributed by atoms with Crippen LogP contribution in [0, 0.1) is 10.1 Å². The van der Waals surface area contributed by atoms with E-state index in [9.17, 15) is 15.2 Å². The molecule has 1 atom stereocenters. The van der Waals surface area contributed by atoms with Crippen molar-refractivity contribution in [2.45, 2.75) is 5.60 Å². The van der Waals surface area contributed by atoms with E-state index >= 15 is 0 Å². The predicted octanol–water partition coefficient (Wildman–Crippen LogP) is -0.794. The highest BCUT2D eigenvalue weighted by molar-refractivity contribution is 5.03. The Hall–Kier alpha value is -1.51. The Morgan fingerprint density at radius 1 is 1.61 bits per heavy atom. The molecule has 18 heavy (non-hydrogen) atoms. The quantitative estimate of drug-likeness (QED) is 0.528. The number of imidazole rings is 1. The summed E-state index contributed by atoms with van der Waals surface area (Å²) in [5, 5.41) is 21.2. The third-order valence-electron chi connectivity index (χ3n) is 2.92. The van der Waals surface area contributed by atoms with Crippen molar-refractivity contribution in [1.29, 1.82) is 0 Å². The lowest BCUT2D eigenvalue weighted by atomic mass is 10.0. The maximum absolute atomic E-state index is 10.7. The van der Waals surface area contributed by atoms with Crippen molar-refractivity contribution in [3.8, 4) is 0 Å². The molecule has 0 aliphatic carbocycles. The monoisotopic (exact) mass is 256 g/mol. The average Bonchev–Trinajstić information content (AvgIpc) is 2.83. The molecular formula is C10H16N4O4. The van der Waals surface area contributed by atoms with Crippen LogP contribution in [0.15, 0.2) is 12.4 Å². The number of β-amino-alcohol motifs (C(OH)–C–C–N with tert-alkyl or cyclic N) is 1. The number of aromatic nitrogens is 2. The predicted molar refractivity (Wildman–Crippen MR) is 61.6 cm³/mol. The minimum Gasteiger partial charge on any atom is -0.379 e. The fraction of sp³-hybridized carbons (Fsp3) is 0.700. The lowest BCUT2D eigenvalue weighted by molar-refractivity contribution is -0.503. The Morgan fingerprint density at radius 2 is 2.33 bits per heavy atom. The molecule has 0 spiro atoms. The van der Waals surface area contributed by atoms with Gasteiger partial charge in [0.2, 0.25) is 6.54 Å². The van der Waals surface area contributed by atoms with Crippen LogP contribution in [0.25, 0.3) is 0 Å². The number of nitrogens with one attached hydrogen (secondary N) is 1. The highest BCUT2D eigenvalue weighted by Crippen LogP contribution is 2.20. The van der Waals surface area contributed by atoms with Crippen LogP contribution >= 0.6 is 0 Å². The molecule has 1 aliphatic rings. The first-order valence-corrected chi connectivity index (χ1v) is 5.74. The minimum absolute atomic E-state index is 0.171. The van der Waals surface area contributed by atoms with Gasteiger partial charge in [0.05, 0.1) is 13.2 Å². The van der Waals surface area contributed by atoms with E-state index in [0.717, 1.165) is 0 Å². The molecule has 8 heteroatoms. The summed E-state index contributed by atoms with van der Waals surface area (Å²) in [6, 6.07) is 0. The maximum Gasteiger partial charge on any atom is 0.240 e. The molecule has 1 saturated heterocycles. The van der Waals surface area contributed by atoms with Gasteiger partial charge in [-0.2, -0.15) is 0 Å². The summed E-state index contributed by atoms with van der Waals surface area (Å²) in [6.07, 6.45) is 3.01. The van der Waals surface area contributed by atoms with Crippen molar-refractivity contribution < 1.29 is 14.8 Å². The van der Waals surface area contributed by atoms with Gasteiger partial charge in [-0.25, -0.2) is 4.98 Å². The van der Waals surface area contributed by atoms with Crippen LogP contribution in [0.3, 0.4) is 0 Å². The summed E-state index contributed by atoms with van der Waals surface area (Å²) in [5.74, 6) is 0.227. The van der Waals surface area contributed by atoms with Gasteiger partial charge in [-0.15, -0.1) is 0 Å². The number of hydrogen-bond donors (Lipinski definition) is 2. The number of H-pyrrole nitrogens is 1. The molecule has 1 fully saturated rings. The molecule has 2 rings (SSSR count). The van der Waals surface area contributed by atoms with E-state index in [0.29, 0.717) is 26.3 Å². The number of hydrogen-bond acceptors (Lipinski definition) is 6. The Kier molecular flexibility index (Phi) is 3.90. The summed E-state index contributed by atoms with van der Waals surface area (Å²) in [7, 11) is 0. The second-order valence-corrected chi connectivity index (χ2v) is 4.35. The highest BCUT2D eigenvalue weighted by atomic mass is 16.6. The zero-order valence-electron chi connectivity index (χ0n) is 9.91. The van der Waals surface area contributed by atoms with Crippen molar-refractivity contribution in [3.05, 3.63) is 28.3 Å². The lowest BCUT2D eigenvalue weighted by Crippen LogP contribution is -2.49. The largest absolute Gasteiger partial charge is 0.379 e. The summed E-state index contributed by atoms with van der Waals surface area (Å²) < 4.78 is 5.21. The second kappa shape index (κ2) is 5.42. The number of aromatic amines is 1. The third kappa shape index (κ3) is 3.03. The number of nitrogens with zero attached hydrogens (tertiary/aromatic N) is 3. The SMILES string of the molecule is O=[N+]([O-])CC(O)(CN1CCOCC1)c1ncc[nH]1. The zero-order chi connectivity index (χ0) is 13.0. The molecule has 0 saturated carbocycles. The van der Waals surface area contributed by atoms with Crippen molar-refractivity contribution in [3.63, 3.8) is 0 Å². The average molecular weight is 256 g/mol. The van der Waals surface area contributed by atoms with Crippen molar-refractivity contribution in [2.24, 2.45) is 0 Å². The first-order valence-electron chi connectivity index (χ1n) is 5.74. The lowest BCUT2D eigenvalue weighted by Gasteiger charge is -2.32. The third-order valence-corrected chi connectivity index (χ3v) is 2.92. The van der Waals surface area contributed by atoms with E-state index < -0.39 is 17.1 Å². The topological polar surface area (TPSA) is 105 Å². The number of aliphatic hydroxyl groups is 1. The van der Waals surface area contributed by atoms with Gasteiger partial charge in [-0.05, 0) is 0 Å². The normalized spacial score (nSPS) is 20.5. The van der Waals surface area contributed by atoms with Gasteiger partial charge < -0.3 is 14.8 Å². The van der Waals surface area contributed by atoms with Crippen molar-refractivity contribution in [1.82, 2.24) is 14.9 Å². The van der Waals surface area contributed by atoms with Gasteiger partial charge in [0.25, 0.3) is 0 Å². The summed E-state index contributed by atoms with van der Waals surface area (Å²) in [4.78, 5) is 18.8. The van der Waals surface area contributed by atoms with Gasteiger partial charge in [0.1, 0.15) is 5.82 Å². The molecular weight excluding hydrogens is 240 g/mol. The van der Waals surface area contributed by atoms with E-state index in [1.807, 2.05) is 4.90 Å². The van der Waals surface area contributed by atoms with Crippen LogP contribution in [0.1, 0.15) is 5.82 Å². The van der Waals surface area contributed by atoms with E-state index in [1.54, 1.807) is 6.20 Å². The van der Waals surface area contributed by atoms with Crippen LogP contribution in [0.5, 0.6) is 0 Å². The van der Waals surface area contributed by atoms with Gasteiger partial charge in [-0.1, -0.05) is 0 Å². The first-order chi connectivity index (χ1) is 8.60. The standard InChI is InChI=1S/C10H16N4O4/c15-10(8-14(16)17,9-11-1-2-12-9)7-13-3-5-18-6-4-13/h1-2,15H,3-8H2,(H,11,12). The summed E-state index contributed by atoms with van der Waals surface area (Å²) in [5.41, 5.74) is -1.59. The zero-order valence-corrected chi connectivity index (χ0v) is 9.91. The molecule has 0 radical (unpaired) electrons. The fourth-order valence-corrected chi connectivity index (χ4v) is 2.06. The van der Waals surface area contributed by atoms with Gasteiger partial charge in [0, 0.05) is 37.0 Å². The van der Waals surface area contributed by atoms with Crippen molar-refractivity contribution in [2.75, 3.05) is 39.4 Å². The molecule has 1 aromatic heterocycles. The molecule has 1 aliphatic heterocycles. The van der Waals surface area contributed by atoms with E-state index in [4.69, 9.17) is 4.74 Å². The number of nitro groups is 1. The maximum atomic E-state index is 10.7. The molecule has 1 aromatic rings. The van der Waals surface area contributed by atoms with Crippen LogP contribution < -0.4 is 0 Å². The Labute approximate surface area is 104 Å². The minimum atomic E-state index is -1.59. The smallest absolute Gasteiger partial charge is 0.240 e. The highest BCUT2D eigenvalue weighted by Gasteiger charge is 2.40. The van der Waals surface area contributed by atoms with Gasteiger partial charge in [0.15, 0.2) is 5.60 Å². The van der Waals surface area contributed by atoms with Crippen molar-refractivity contribution >= 4 is 0 Å².